The van der Waals surface area contributed by atoms with Gasteiger partial charge in [0, 0.05) is 17.8 Å². The first-order valence-corrected chi connectivity index (χ1v) is 9.61. The number of carbonyl (C=O) groups is 1. The smallest absolute Gasteiger partial charge is 0.303 e. The highest BCUT2D eigenvalue weighted by atomic mass is 16.4. The molecule has 1 fully saturated rings. The molecule has 4 nitrogen and oxygen atoms in total. The molecular formula is C22H32O4. The van der Waals surface area contributed by atoms with Gasteiger partial charge in [-0.15, -0.1) is 0 Å². The van der Waals surface area contributed by atoms with Gasteiger partial charge >= 0.3 is 5.97 Å². The van der Waals surface area contributed by atoms with E-state index in [0.717, 1.165) is 36.8 Å². The van der Waals surface area contributed by atoms with Crippen LogP contribution in [0.5, 0.6) is 0 Å². The first-order chi connectivity index (χ1) is 12.3. The van der Waals surface area contributed by atoms with Crippen LogP contribution in [0.15, 0.2) is 36.4 Å². The Morgan fingerprint density at radius 3 is 2.50 bits per heavy atom. The zero-order valence-electron chi connectivity index (χ0n) is 15.9. The zero-order chi connectivity index (χ0) is 19.2. The van der Waals surface area contributed by atoms with Crippen LogP contribution in [0, 0.1) is 5.92 Å². The highest BCUT2D eigenvalue weighted by molar-refractivity contribution is 5.66. The van der Waals surface area contributed by atoms with E-state index in [1.807, 2.05) is 13.8 Å². The van der Waals surface area contributed by atoms with Crippen LogP contribution in [0.3, 0.4) is 0 Å². The Morgan fingerprint density at radius 1 is 1.19 bits per heavy atom. The third-order valence-electron chi connectivity index (χ3n) is 5.59. The summed E-state index contributed by atoms with van der Waals surface area (Å²) in [5.41, 5.74) is 2.01. The van der Waals surface area contributed by atoms with Crippen molar-refractivity contribution in [1.29, 1.82) is 0 Å². The Balaban J connectivity index is 1.97. The minimum atomic E-state index is -0.745. The van der Waals surface area contributed by atoms with Gasteiger partial charge in [-0.1, -0.05) is 50.3 Å². The summed E-state index contributed by atoms with van der Waals surface area (Å²) in [5, 5.41) is 28.6. The van der Waals surface area contributed by atoms with Gasteiger partial charge in [0.05, 0.1) is 12.7 Å². The molecule has 1 saturated carbocycles. The predicted molar refractivity (Wildman–Crippen MR) is 103 cm³/mol. The molecule has 0 aromatic heterocycles. The van der Waals surface area contributed by atoms with Gasteiger partial charge in [0.25, 0.3) is 0 Å². The van der Waals surface area contributed by atoms with Crippen LogP contribution >= 0.6 is 0 Å². The normalized spacial score (nSPS) is 23.6. The quantitative estimate of drug-likeness (QED) is 0.459. The molecule has 3 N–H and O–H groups in total. The third kappa shape index (κ3) is 5.42. The van der Waals surface area contributed by atoms with Crippen molar-refractivity contribution >= 4 is 5.97 Å². The number of rotatable bonds is 9. The van der Waals surface area contributed by atoms with E-state index in [2.05, 4.69) is 36.4 Å². The number of unbranched alkanes of at least 4 members (excludes halogenated alkanes) is 1. The number of hydrogen-bond acceptors (Lipinski definition) is 3. The summed E-state index contributed by atoms with van der Waals surface area (Å²) in [6, 6.07) is 8.32. The molecule has 0 bridgehead atoms. The molecule has 3 atom stereocenters. The van der Waals surface area contributed by atoms with E-state index in [9.17, 15) is 15.0 Å². The SMILES string of the molecule is CC(C)(CO)c1ccc([C@@H]2[C@@H](C/C=C\CCCC(=O)O)CC[C@H]2O)cc1. The maximum absolute atomic E-state index is 10.5. The van der Waals surface area contributed by atoms with Crippen molar-refractivity contribution in [2.75, 3.05) is 6.61 Å². The molecule has 26 heavy (non-hydrogen) atoms. The van der Waals surface area contributed by atoms with Crippen LogP contribution in [-0.2, 0) is 10.2 Å². The number of aliphatic hydroxyl groups is 2. The van der Waals surface area contributed by atoms with Crippen LogP contribution in [-0.4, -0.2) is 34.0 Å². The first-order valence-electron chi connectivity index (χ1n) is 9.61. The average molecular weight is 360 g/mol. The van der Waals surface area contributed by atoms with E-state index in [1.54, 1.807) is 0 Å². The number of aliphatic carboxylic acids is 1. The largest absolute Gasteiger partial charge is 0.481 e. The van der Waals surface area contributed by atoms with Gasteiger partial charge in [0.1, 0.15) is 0 Å². The second kappa shape index (κ2) is 9.33. The van der Waals surface area contributed by atoms with Crippen molar-refractivity contribution in [2.24, 2.45) is 5.92 Å². The summed E-state index contributed by atoms with van der Waals surface area (Å²) in [4.78, 5) is 10.5. The van der Waals surface area contributed by atoms with E-state index in [1.165, 1.54) is 0 Å². The Hall–Kier alpha value is -1.65. The molecule has 0 amide bonds. The number of aliphatic hydroxyl groups excluding tert-OH is 2. The zero-order valence-corrected chi connectivity index (χ0v) is 15.9. The number of carboxylic acids is 1. The fourth-order valence-corrected chi connectivity index (χ4v) is 3.82. The lowest BCUT2D eigenvalue weighted by atomic mass is 9.81. The van der Waals surface area contributed by atoms with E-state index in [0.29, 0.717) is 12.3 Å². The molecule has 1 aliphatic rings. The number of allylic oxidation sites excluding steroid dienone is 2. The molecule has 4 heteroatoms. The van der Waals surface area contributed by atoms with Gasteiger partial charge in [0.2, 0.25) is 0 Å². The van der Waals surface area contributed by atoms with Crippen molar-refractivity contribution in [1.82, 2.24) is 0 Å². The summed E-state index contributed by atoms with van der Waals surface area (Å²) in [7, 11) is 0. The lowest BCUT2D eigenvalue weighted by Gasteiger charge is -2.25. The summed E-state index contributed by atoms with van der Waals surface area (Å²) in [6.07, 6.45) is 8.32. The predicted octanol–water partition coefficient (Wildman–Crippen LogP) is 4.01. The van der Waals surface area contributed by atoms with Crippen LogP contribution in [0.25, 0.3) is 0 Å². The third-order valence-corrected chi connectivity index (χ3v) is 5.59. The van der Waals surface area contributed by atoms with Crippen LogP contribution < -0.4 is 0 Å². The van der Waals surface area contributed by atoms with Crippen molar-refractivity contribution < 1.29 is 20.1 Å². The molecule has 0 aliphatic heterocycles. The fourth-order valence-electron chi connectivity index (χ4n) is 3.82. The number of hydrogen-bond donors (Lipinski definition) is 3. The molecule has 0 spiro atoms. The Bertz CT molecular complexity index is 603. The molecule has 1 aromatic rings. The lowest BCUT2D eigenvalue weighted by Crippen LogP contribution is -2.22. The average Bonchev–Trinajstić information content (AvgIpc) is 2.98. The molecule has 2 rings (SSSR count). The standard InChI is InChI=1S/C22H32O4/c1-22(2,15-23)18-12-9-17(10-13-18)21-16(11-14-19(21)24)7-5-3-4-6-8-20(25)26/h3,5,9-10,12-13,16,19,21,23-24H,4,6-8,11,14-15H2,1-2H3,(H,25,26)/b5-3-/t16-,19+,21-/m0/s1. The van der Waals surface area contributed by atoms with Gasteiger partial charge in [-0.05, 0) is 49.1 Å². The summed E-state index contributed by atoms with van der Waals surface area (Å²) < 4.78 is 0. The Kier molecular flexibility index (Phi) is 7.42. The van der Waals surface area contributed by atoms with Crippen molar-refractivity contribution in [3.8, 4) is 0 Å². The molecule has 144 valence electrons. The van der Waals surface area contributed by atoms with Gasteiger partial charge in [-0.2, -0.15) is 0 Å². The minimum absolute atomic E-state index is 0.105. The number of benzene rings is 1. The summed E-state index contributed by atoms with van der Waals surface area (Å²) in [5.74, 6) is -0.187. The van der Waals surface area contributed by atoms with Crippen LogP contribution in [0.1, 0.15) is 69.4 Å². The summed E-state index contributed by atoms with van der Waals surface area (Å²) in [6.45, 7) is 4.14. The van der Waals surface area contributed by atoms with E-state index < -0.39 is 5.97 Å². The molecule has 1 aromatic carbocycles. The Labute approximate surface area is 156 Å². The maximum Gasteiger partial charge on any atom is 0.303 e. The lowest BCUT2D eigenvalue weighted by molar-refractivity contribution is -0.137. The molecule has 0 unspecified atom stereocenters. The summed E-state index contributed by atoms with van der Waals surface area (Å²) >= 11 is 0. The maximum atomic E-state index is 10.5. The van der Waals surface area contributed by atoms with Crippen molar-refractivity contribution in [2.45, 2.75) is 69.8 Å². The van der Waals surface area contributed by atoms with Gasteiger partial charge in [-0.3, -0.25) is 4.79 Å². The molecular weight excluding hydrogens is 328 g/mol. The molecule has 0 saturated heterocycles. The van der Waals surface area contributed by atoms with Crippen molar-refractivity contribution in [3.05, 3.63) is 47.5 Å². The molecule has 0 heterocycles. The van der Waals surface area contributed by atoms with E-state index in [-0.39, 0.29) is 30.5 Å². The second-order valence-electron chi connectivity index (χ2n) is 8.09. The fraction of sp³-hybridized carbons (Fsp3) is 0.591. The number of carboxylic acid groups (broad SMARTS) is 1. The first kappa shape index (κ1) is 20.7. The van der Waals surface area contributed by atoms with Crippen LogP contribution in [0.2, 0.25) is 0 Å². The van der Waals surface area contributed by atoms with Gasteiger partial charge in [-0.25, -0.2) is 0 Å². The molecule has 0 radical (unpaired) electrons. The van der Waals surface area contributed by atoms with Crippen molar-refractivity contribution in [3.63, 3.8) is 0 Å². The van der Waals surface area contributed by atoms with Crippen LogP contribution in [0.4, 0.5) is 0 Å². The minimum Gasteiger partial charge on any atom is -0.481 e. The monoisotopic (exact) mass is 360 g/mol. The van der Waals surface area contributed by atoms with E-state index in [4.69, 9.17) is 5.11 Å². The second-order valence-corrected chi connectivity index (χ2v) is 8.09. The highest BCUT2D eigenvalue weighted by Crippen LogP contribution is 2.42. The topological polar surface area (TPSA) is 77.8 Å². The van der Waals surface area contributed by atoms with E-state index >= 15 is 0 Å². The highest BCUT2D eigenvalue weighted by Gasteiger charge is 2.35. The Morgan fingerprint density at radius 2 is 1.88 bits per heavy atom. The van der Waals surface area contributed by atoms with Gasteiger partial charge < -0.3 is 15.3 Å². The molecule has 1 aliphatic carbocycles. The van der Waals surface area contributed by atoms with Gasteiger partial charge in [0.15, 0.2) is 0 Å².